The van der Waals surface area contributed by atoms with E-state index in [-0.39, 0.29) is 0 Å². The zero-order valence-electron chi connectivity index (χ0n) is 4.40. The topological polar surface area (TPSA) is 38.7 Å². The van der Waals surface area contributed by atoms with Gasteiger partial charge in [-0.2, -0.15) is 8.75 Å². The van der Waals surface area contributed by atoms with Crippen LogP contribution in [0.25, 0.3) is 11.2 Å². The van der Waals surface area contributed by atoms with Gasteiger partial charge in [0.15, 0.2) is 5.65 Å². The Bertz CT molecular complexity index is 286. The molecule has 1 radical (unpaired) electrons. The Morgan fingerprint density at radius 3 is 3.33 bits per heavy atom. The van der Waals surface area contributed by atoms with Gasteiger partial charge in [-0.3, -0.25) is 0 Å². The van der Waals surface area contributed by atoms with Crippen molar-refractivity contribution in [3.63, 3.8) is 0 Å². The van der Waals surface area contributed by atoms with Gasteiger partial charge in [0.2, 0.25) is 0 Å². The van der Waals surface area contributed by atoms with Crippen molar-refractivity contribution in [3.05, 3.63) is 18.3 Å². The Morgan fingerprint density at radius 1 is 1.44 bits per heavy atom. The summed E-state index contributed by atoms with van der Waals surface area (Å²) in [5, 5.41) is 0. The molecule has 0 spiro atoms. The molecule has 9 heavy (non-hydrogen) atoms. The Labute approximate surface area is 55.7 Å². The Kier molecular flexibility index (Phi) is 0.927. The number of rotatable bonds is 0. The van der Waals surface area contributed by atoms with Crippen LogP contribution in [0.4, 0.5) is 0 Å². The summed E-state index contributed by atoms with van der Waals surface area (Å²) in [6, 6.07) is 4.63. The van der Waals surface area contributed by atoms with E-state index in [9.17, 15) is 0 Å². The maximum atomic E-state index is 3.95. The van der Waals surface area contributed by atoms with Gasteiger partial charge in [-0.05, 0) is 6.07 Å². The summed E-state index contributed by atoms with van der Waals surface area (Å²) in [6.07, 6.45) is 1.66. The fraction of sp³-hybridized carbons (Fsp3) is 0. The van der Waals surface area contributed by atoms with E-state index in [2.05, 4.69) is 19.8 Å². The minimum Gasteiger partial charge on any atom is -0.234 e. The van der Waals surface area contributed by atoms with Crippen molar-refractivity contribution in [2.24, 2.45) is 0 Å². The molecule has 2 aromatic rings. The van der Waals surface area contributed by atoms with Gasteiger partial charge in [0, 0.05) is 12.3 Å². The fourth-order valence-corrected chi connectivity index (χ4v) is 1.05. The standard InChI is InChI=1S/C5H2N3S/c1-2-4-5(6-3-1)8-9-7-4/h1,3H. The largest absolute Gasteiger partial charge is 0.234 e. The summed E-state index contributed by atoms with van der Waals surface area (Å²) in [5.41, 5.74) is 1.44. The van der Waals surface area contributed by atoms with Crippen LogP contribution in [0.3, 0.4) is 0 Å². The lowest BCUT2D eigenvalue weighted by molar-refractivity contribution is 1.36. The maximum absolute atomic E-state index is 3.95. The van der Waals surface area contributed by atoms with Gasteiger partial charge >= 0.3 is 0 Å². The molecule has 0 aliphatic heterocycles. The molecule has 0 saturated heterocycles. The maximum Gasteiger partial charge on any atom is 0.193 e. The zero-order chi connectivity index (χ0) is 6.10. The van der Waals surface area contributed by atoms with Gasteiger partial charge < -0.3 is 0 Å². The van der Waals surface area contributed by atoms with Gasteiger partial charge in [0.1, 0.15) is 5.52 Å². The number of pyridine rings is 1. The third kappa shape index (κ3) is 0.675. The number of aromatic nitrogens is 3. The summed E-state index contributed by atoms with van der Waals surface area (Å²) in [4.78, 5) is 3.95. The smallest absolute Gasteiger partial charge is 0.193 e. The Morgan fingerprint density at radius 2 is 2.44 bits per heavy atom. The molecule has 2 aromatic heterocycles. The lowest BCUT2D eigenvalue weighted by atomic mass is 10.4. The molecule has 2 heterocycles. The Hall–Kier alpha value is -1.03. The quantitative estimate of drug-likeness (QED) is 0.539. The van der Waals surface area contributed by atoms with Crippen molar-refractivity contribution in [2.75, 3.05) is 0 Å². The number of nitrogens with zero attached hydrogens (tertiary/aromatic N) is 3. The molecule has 0 aliphatic carbocycles. The minimum absolute atomic E-state index is 0.683. The van der Waals surface area contributed by atoms with Crippen molar-refractivity contribution in [1.82, 2.24) is 13.7 Å². The summed E-state index contributed by atoms with van der Waals surface area (Å²) >= 11 is 1.16. The third-order valence-electron chi connectivity index (χ3n) is 0.963. The molecule has 43 valence electrons. The van der Waals surface area contributed by atoms with Crippen LogP contribution in [0.5, 0.6) is 0 Å². The van der Waals surface area contributed by atoms with Gasteiger partial charge in [0.25, 0.3) is 0 Å². The van der Waals surface area contributed by atoms with Crippen LogP contribution in [-0.4, -0.2) is 13.7 Å². The number of hydrogen-bond acceptors (Lipinski definition) is 4. The van der Waals surface area contributed by atoms with Crippen LogP contribution in [-0.2, 0) is 0 Å². The normalized spacial score (nSPS) is 10.2. The molecular formula is C5H2N3S. The molecule has 0 aliphatic rings. The SMILES string of the molecule is [c]1ccnc2nsnc12. The summed E-state index contributed by atoms with van der Waals surface area (Å²) < 4.78 is 7.84. The second kappa shape index (κ2) is 1.73. The first-order valence-electron chi connectivity index (χ1n) is 2.42. The second-order valence-corrected chi connectivity index (χ2v) is 2.05. The first kappa shape index (κ1) is 4.81. The molecule has 0 aromatic carbocycles. The van der Waals surface area contributed by atoms with Gasteiger partial charge in [-0.25, -0.2) is 4.98 Å². The highest BCUT2D eigenvalue weighted by molar-refractivity contribution is 7.00. The van der Waals surface area contributed by atoms with Crippen LogP contribution in [0.1, 0.15) is 0 Å². The average Bonchev–Trinajstić information content (AvgIpc) is 2.33. The van der Waals surface area contributed by atoms with Gasteiger partial charge in [0.05, 0.1) is 11.7 Å². The summed E-state index contributed by atoms with van der Waals surface area (Å²) in [6.45, 7) is 0. The lowest BCUT2D eigenvalue weighted by Gasteiger charge is -1.77. The van der Waals surface area contributed by atoms with Crippen molar-refractivity contribution in [1.29, 1.82) is 0 Å². The van der Waals surface area contributed by atoms with E-state index in [4.69, 9.17) is 0 Å². The molecule has 0 fully saturated rings. The highest BCUT2D eigenvalue weighted by Gasteiger charge is 1.93. The first-order valence-corrected chi connectivity index (χ1v) is 3.15. The van der Waals surface area contributed by atoms with Crippen LogP contribution >= 0.6 is 11.7 Å². The van der Waals surface area contributed by atoms with Crippen LogP contribution in [0, 0.1) is 6.07 Å². The van der Waals surface area contributed by atoms with E-state index >= 15 is 0 Å². The highest BCUT2D eigenvalue weighted by Crippen LogP contribution is 2.04. The minimum atomic E-state index is 0.683. The summed E-state index contributed by atoms with van der Waals surface area (Å²) in [7, 11) is 0. The van der Waals surface area contributed by atoms with Crippen LogP contribution < -0.4 is 0 Å². The van der Waals surface area contributed by atoms with E-state index in [1.807, 2.05) is 0 Å². The molecule has 0 atom stereocenters. The second-order valence-electron chi connectivity index (χ2n) is 1.53. The van der Waals surface area contributed by atoms with E-state index in [0.29, 0.717) is 5.65 Å². The predicted octanol–water partition coefficient (Wildman–Crippen LogP) is 0.886. The van der Waals surface area contributed by atoms with Crippen LogP contribution in [0.15, 0.2) is 12.3 Å². The summed E-state index contributed by atoms with van der Waals surface area (Å²) in [5.74, 6) is 0. The molecule has 0 bridgehead atoms. The van der Waals surface area contributed by atoms with Crippen molar-refractivity contribution >= 4 is 22.9 Å². The Balaban J connectivity index is 2.95. The first-order chi connectivity index (χ1) is 4.47. The highest BCUT2D eigenvalue weighted by atomic mass is 32.1. The van der Waals surface area contributed by atoms with E-state index in [0.717, 1.165) is 17.2 Å². The predicted molar refractivity (Wildman–Crippen MR) is 34.0 cm³/mol. The average molecular weight is 136 g/mol. The molecule has 2 rings (SSSR count). The zero-order valence-corrected chi connectivity index (χ0v) is 5.22. The molecule has 3 nitrogen and oxygen atoms in total. The molecule has 0 N–H and O–H groups in total. The van der Waals surface area contributed by atoms with E-state index < -0.39 is 0 Å². The molecule has 0 saturated carbocycles. The van der Waals surface area contributed by atoms with Crippen molar-refractivity contribution in [3.8, 4) is 0 Å². The van der Waals surface area contributed by atoms with Gasteiger partial charge in [-0.1, -0.05) is 0 Å². The lowest BCUT2D eigenvalue weighted by Crippen LogP contribution is -1.72. The molecule has 0 unspecified atom stereocenters. The number of hydrogen-bond donors (Lipinski definition) is 0. The fourth-order valence-electron chi connectivity index (χ4n) is 0.584. The number of fused-ring (bicyclic) bond motifs is 1. The van der Waals surface area contributed by atoms with Gasteiger partial charge in [-0.15, -0.1) is 0 Å². The molecule has 4 heteroatoms. The van der Waals surface area contributed by atoms with E-state index in [1.165, 1.54) is 0 Å². The van der Waals surface area contributed by atoms with Crippen LogP contribution in [0.2, 0.25) is 0 Å². The monoisotopic (exact) mass is 136 g/mol. The molecule has 0 amide bonds. The van der Waals surface area contributed by atoms with E-state index in [1.54, 1.807) is 12.3 Å². The molecular weight excluding hydrogens is 134 g/mol. The van der Waals surface area contributed by atoms with Crippen molar-refractivity contribution < 1.29 is 0 Å². The van der Waals surface area contributed by atoms with Crippen molar-refractivity contribution in [2.45, 2.75) is 0 Å². The third-order valence-corrected chi connectivity index (χ3v) is 1.48.